The molecular weight excluding hydrogens is 386 g/mol. The average molecular weight is 406 g/mol. The normalized spacial score (nSPS) is 13.6. The first-order valence-electron chi connectivity index (χ1n) is 8.14. The van der Waals surface area contributed by atoms with Crippen LogP contribution in [-0.4, -0.2) is 30.0 Å². The van der Waals surface area contributed by atoms with Gasteiger partial charge < -0.3 is 14.0 Å². The van der Waals surface area contributed by atoms with E-state index in [2.05, 4.69) is 20.5 Å². The van der Waals surface area contributed by atoms with Gasteiger partial charge >= 0.3 is 5.97 Å². The van der Waals surface area contributed by atoms with Crippen LogP contribution in [0.4, 0.5) is 0 Å². The molecule has 25 heavy (non-hydrogen) atoms. The van der Waals surface area contributed by atoms with E-state index in [1.807, 2.05) is 19.9 Å². The molecule has 0 saturated heterocycles. The van der Waals surface area contributed by atoms with E-state index in [1.54, 1.807) is 25.3 Å². The zero-order valence-corrected chi connectivity index (χ0v) is 16.1. The lowest BCUT2D eigenvalue weighted by molar-refractivity contribution is 0.0474. The second-order valence-corrected chi connectivity index (χ2v) is 7.09. The molecule has 1 aliphatic carbocycles. The molecule has 0 spiro atoms. The topological polar surface area (TPSA) is 57.5 Å². The molecule has 6 heteroatoms. The van der Waals surface area contributed by atoms with Crippen molar-refractivity contribution >= 4 is 27.7 Å². The highest BCUT2D eigenvalue weighted by atomic mass is 79.9. The highest BCUT2D eigenvalue weighted by Crippen LogP contribution is 2.38. The van der Waals surface area contributed by atoms with Gasteiger partial charge in [0.05, 0.1) is 17.1 Å². The van der Waals surface area contributed by atoms with Gasteiger partial charge in [-0.05, 0) is 66.9 Å². The first kappa shape index (κ1) is 17.7. The van der Waals surface area contributed by atoms with Crippen LogP contribution in [0.25, 0.3) is 0 Å². The van der Waals surface area contributed by atoms with Crippen LogP contribution in [0.2, 0.25) is 0 Å². The lowest BCUT2D eigenvalue weighted by Crippen LogP contribution is -2.15. The Bertz CT molecular complexity index is 836. The van der Waals surface area contributed by atoms with Gasteiger partial charge in [-0.3, -0.25) is 4.79 Å². The van der Waals surface area contributed by atoms with Crippen molar-refractivity contribution in [3.8, 4) is 5.75 Å². The molecule has 1 aromatic heterocycles. The lowest BCUT2D eigenvalue weighted by Gasteiger charge is -2.08. The molecular formula is C19H20BrNO4. The quantitative estimate of drug-likeness (QED) is 0.532. The number of carbonyl (C=O) groups is 2. The van der Waals surface area contributed by atoms with Gasteiger partial charge in [-0.1, -0.05) is 0 Å². The molecule has 0 N–H and O–H groups in total. The summed E-state index contributed by atoms with van der Waals surface area (Å²) >= 11 is 3.33. The Balaban J connectivity index is 1.67. The van der Waals surface area contributed by atoms with Gasteiger partial charge in [0, 0.05) is 23.0 Å². The minimum Gasteiger partial charge on any atom is -0.496 e. The fraction of sp³-hybridized carbons (Fsp3) is 0.368. The van der Waals surface area contributed by atoms with Crippen LogP contribution < -0.4 is 4.74 Å². The minimum absolute atomic E-state index is 0.180. The van der Waals surface area contributed by atoms with Crippen molar-refractivity contribution in [1.82, 2.24) is 4.57 Å². The van der Waals surface area contributed by atoms with Gasteiger partial charge in [0.1, 0.15) is 5.75 Å². The molecule has 0 radical (unpaired) electrons. The number of benzene rings is 1. The van der Waals surface area contributed by atoms with Gasteiger partial charge in [-0.15, -0.1) is 0 Å². The van der Waals surface area contributed by atoms with Crippen LogP contribution in [-0.2, 0) is 4.74 Å². The number of hydrogen-bond donors (Lipinski definition) is 0. The summed E-state index contributed by atoms with van der Waals surface area (Å²) in [6.45, 7) is 3.68. The molecule has 0 atom stereocenters. The molecule has 5 nitrogen and oxygen atoms in total. The van der Waals surface area contributed by atoms with E-state index in [1.165, 1.54) is 0 Å². The third kappa shape index (κ3) is 3.63. The summed E-state index contributed by atoms with van der Waals surface area (Å²) in [6, 6.07) is 7.29. The molecule has 1 aliphatic rings. The van der Waals surface area contributed by atoms with Gasteiger partial charge in [0.15, 0.2) is 6.61 Å². The maximum Gasteiger partial charge on any atom is 0.338 e. The van der Waals surface area contributed by atoms with E-state index in [4.69, 9.17) is 9.47 Å². The molecule has 3 rings (SSSR count). The fourth-order valence-electron chi connectivity index (χ4n) is 3.04. The molecule has 1 aromatic carbocycles. The number of halogens is 1. The maximum atomic E-state index is 12.5. The van der Waals surface area contributed by atoms with E-state index in [-0.39, 0.29) is 12.4 Å². The second kappa shape index (κ2) is 7.04. The number of aryl methyl sites for hydroxylation is 1. The van der Waals surface area contributed by atoms with Gasteiger partial charge in [-0.25, -0.2) is 4.79 Å². The largest absolute Gasteiger partial charge is 0.496 e. The Morgan fingerprint density at radius 3 is 2.56 bits per heavy atom. The summed E-state index contributed by atoms with van der Waals surface area (Å²) in [5.74, 6) is -0.0891. The highest BCUT2D eigenvalue weighted by molar-refractivity contribution is 9.10. The number of Topliss-reactive ketones (excluding diaryl/α,β-unsaturated/α-hetero) is 1. The summed E-state index contributed by atoms with van der Waals surface area (Å²) in [4.78, 5) is 24.6. The third-order valence-electron chi connectivity index (χ3n) is 4.42. The molecule has 1 saturated carbocycles. The van der Waals surface area contributed by atoms with Crippen LogP contribution in [0.5, 0.6) is 5.75 Å². The number of hydrogen-bond acceptors (Lipinski definition) is 4. The van der Waals surface area contributed by atoms with E-state index in [0.29, 0.717) is 27.4 Å². The number of esters is 1. The smallest absolute Gasteiger partial charge is 0.338 e. The summed E-state index contributed by atoms with van der Waals surface area (Å²) < 4.78 is 13.2. The summed E-state index contributed by atoms with van der Waals surface area (Å²) in [5, 5.41) is 0. The van der Waals surface area contributed by atoms with Crippen molar-refractivity contribution in [2.75, 3.05) is 13.7 Å². The van der Waals surface area contributed by atoms with Crippen molar-refractivity contribution in [1.29, 1.82) is 0 Å². The van der Waals surface area contributed by atoms with Gasteiger partial charge in [-0.2, -0.15) is 0 Å². The van der Waals surface area contributed by atoms with Crippen molar-refractivity contribution < 1.29 is 19.1 Å². The lowest BCUT2D eigenvalue weighted by atomic mass is 10.1. The predicted molar refractivity (Wildman–Crippen MR) is 97.5 cm³/mol. The first-order valence-corrected chi connectivity index (χ1v) is 8.94. The maximum absolute atomic E-state index is 12.5. The van der Waals surface area contributed by atoms with Crippen molar-refractivity contribution in [2.45, 2.75) is 32.7 Å². The number of methoxy groups -OCH3 is 1. The minimum atomic E-state index is -0.535. The number of rotatable bonds is 6. The summed E-state index contributed by atoms with van der Waals surface area (Å²) in [5.41, 5.74) is 3.03. The molecule has 132 valence electrons. The van der Waals surface area contributed by atoms with Crippen molar-refractivity contribution in [3.63, 3.8) is 0 Å². The third-order valence-corrected chi connectivity index (χ3v) is 5.04. The van der Waals surface area contributed by atoms with Crippen LogP contribution in [0.3, 0.4) is 0 Å². The highest BCUT2D eigenvalue weighted by Gasteiger charge is 2.28. The van der Waals surface area contributed by atoms with Crippen LogP contribution in [0.15, 0.2) is 28.7 Å². The van der Waals surface area contributed by atoms with E-state index in [9.17, 15) is 9.59 Å². The molecule has 0 bridgehead atoms. The Morgan fingerprint density at radius 2 is 1.96 bits per heavy atom. The SMILES string of the molecule is COc1ccc(C(=O)OCC(=O)c2cc(C)n(C3CC3)c2C)cc1Br. The van der Waals surface area contributed by atoms with E-state index >= 15 is 0 Å². The zero-order valence-electron chi connectivity index (χ0n) is 14.5. The Morgan fingerprint density at radius 1 is 1.24 bits per heavy atom. The van der Waals surface area contributed by atoms with Crippen LogP contribution >= 0.6 is 15.9 Å². The predicted octanol–water partition coefficient (Wildman–Crippen LogP) is 4.25. The van der Waals surface area contributed by atoms with E-state index in [0.717, 1.165) is 24.2 Å². The Kier molecular flexibility index (Phi) is 4.99. The molecule has 1 heterocycles. The zero-order chi connectivity index (χ0) is 18.1. The number of ether oxygens (including phenoxy) is 2. The standard InChI is InChI=1S/C19H20BrNO4/c1-11-8-15(12(2)21(11)14-5-6-14)17(22)10-25-19(23)13-4-7-18(24-3)16(20)9-13/h4,7-9,14H,5-6,10H2,1-3H3. The van der Waals surface area contributed by atoms with Gasteiger partial charge in [0.2, 0.25) is 5.78 Å². The van der Waals surface area contributed by atoms with E-state index < -0.39 is 5.97 Å². The molecule has 0 aliphatic heterocycles. The number of aromatic nitrogens is 1. The van der Waals surface area contributed by atoms with Crippen LogP contribution in [0, 0.1) is 13.8 Å². The summed E-state index contributed by atoms with van der Waals surface area (Å²) in [7, 11) is 1.55. The van der Waals surface area contributed by atoms with Crippen molar-refractivity contribution in [3.05, 3.63) is 51.3 Å². The molecule has 0 unspecified atom stereocenters. The fourth-order valence-corrected chi connectivity index (χ4v) is 3.58. The average Bonchev–Trinajstić information content (AvgIpc) is 3.37. The monoisotopic (exact) mass is 405 g/mol. The molecule has 1 fully saturated rings. The molecule has 2 aromatic rings. The number of carbonyl (C=O) groups excluding carboxylic acids is 2. The summed E-state index contributed by atoms with van der Waals surface area (Å²) in [6.07, 6.45) is 2.32. The Labute approximate surface area is 155 Å². The second-order valence-electron chi connectivity index (χ2n) is 6.23. The molecule has 0 amide bonds. The number of nitrogens with zero attached hydrogens (tertiary/aromatic N) is 1. The van der Waals surface area contributed by atoms with Crippen LogP contribution in [0.1, 0.15) is 51.0 Å². The first-order chi connectivity index (χ1) is 11.9. The number of ketones is 1. The Hall–Kier alpha value is -2.08. The van der Waals surface area contributed by atoms with Crippen molar-refractivity contribution in [2.24, 2.45) is 0 Å². The van der Waals surface area contributed by atoms with Gasteiger partial charge in [0.25, 0.3) is 0 Å².